The highest BCUT2D eigenvalue weighted by Gasteiger charge is 2.19. The number of anilines is 1. The van der Waals surface area contributed by atoms with E-state index in [2.05, 4.69) is 20.2 Å². The molecule has 0 aromatic carbocycles. The summed E-state index contributed by atoms with van der Waals surface area (Å²) in [5, 5.41) is 3.25. The number of H-pyrrole nitrogens is 1. The summed E-state index contributed by atoms with van der Waals surface area (Å²) in [6.07, 6.45) is 6.23. The molecule has 0 unspecified atom stereocenters. The maximum absolute atomic E-state index is 4.27. The molecule has 1 saturated heterocycles. The first-order valence-corrected chi connectivity index (χ1v) is 5.29. The van der Waals surface area contributed by atoms with E-state index in [1.54, 1.807) is 0 Å². The lowest BCUT2D eigenvalue weighted by atomic mass is 9.97. The van der Waals surface area contributed by atoms with Crippen molar-refractivity contribution in [3.8, 4) is 0 Å². The number of aromatic amines is 1. The van der Waals surface area contributed by atoms with Crippen LogP contribution in [0, 0.1) is 5.92 Å². The quantitative estimate of drug-likeness (QED) is 0.749. The first-order valence-electron chi connectivity index (χ1n) is 5.29. The monoisotopic (exact) mass is 194 g/mol. The second kappa shape index (κ2) is 4.46. The van der Waals surface area contributed by atoms with Crippen molar-refractivity contribution < 1.29 is 0 Å². The van der Waals surface area contributed by atoms with Crippen LogP contribution in [0.15, 0.2) is 12.4 Å². The van der Waals surface area contributed by atoms with Gasteiger partial charge in [-0.1, -0.05) is 0 Å². The van der Waals surface area contributed by atoms with Crippen molar-refractivity contribution in [1.82, 2.24) is 15.3 Å². The molecule has 2 rings (SSSR count). The van der Waals surface area contributed by atoms with Gasteiger partial charge in [-0.2, -0.15) is 0 Å². The van der Waals surface area contributed by atoms with Gasteiger partial charge in [0, 0.05) is 25.5 Å². The Morgan fingerprint density at radius 2 is 2.36 bits per heavy atom. The highest BCUT2D eigenvalue weighted by Crippen LogP contribution is 2.19. The van der Waals surface area contributed by atoms with E-state index < -0.39 is 0 Å². The van der Waals surface area contributed by atoms with Gasteiger partial charge in [-0.05, 0) is 32.4 Å². The van der Waals surface area contributed by atoms with Gasteiger partial charge in [-0.15, -0.1) is 0 Å². The Balaban J connectivity index is 1.84. The maximum Gasteiger partial charge on any atom is 0.202 e. The highest BCUT2D eigenvalue weighted by molar-refractivity contribution is 5.29. The van der Waals surface area contributed by atoms with Crippen molar-refractivity contribution >= 4 is 5.95 Å². The summed E-state index contributed by atoms with van der Waals surface area (Å²) in [6.45, 7) is 3.39. The number of nitrogens with one attached hydrogen (secondary N) is 2. The minimum atomic E-state index is 0.839. The van der Waals surface area contributed by atoms with E-state index in [9.17, 15) is 0 Å². The summed E-state index contributed by atoms with van der Waals surface area (Å²) in [6, 6.07) is 0. The van der Waals surface area contributed by atoms with Crippen molar-refractivity contribution in [2.24, 2.45) is 5.92 Å². The third-order valence-electron chi connectivity index (χ3n) is 2.89. The lowest BCUT2D eigenvalue weighted by molar-refractivity contribution is 0.391. The Bertz CT molecular complexity index is 249. The van der Waals surface area contributed by atoms with Gasteiger partial charge < -0.3 is 15.2 Å². The molecule has 0 bridgehead atoms. The fraction of sp³-hybridized carbons (Fsp3) is 0.700. The molecule has 1 aliphatic heterocycles. The Morgan fingerprint density at radius 1 is 1.57 bits per heavy atom. The van der Waals surface area contributed by atoms with Gasteiger partial charge in [0.1, 0.15) is 0 Å². The van der Waals surface area contributed by atoms with Gasteiger partial charge in [0.25, 0.3) is 0 Å². The minimum Gasteiger partial charge on any atom is -0.342 e. The normalized spacial score (nSPS) is 18.8. The van der Waals surface area contributed by atoms with Gasteiger partial charge in [-0.25, -0.2) is 4.98 Å². The van der Waals surface area contributed by atoms with Gasteiger partial charge >= 0.3 is 0 Å². The van der Waals surface area contributed by atoms with E-state index in [-0.39, 0.29) is 0 Å². The summed E-state index contributed by atoms with van der Waals surface area (Å²) in [7, 11) is 2.03. The zero-order chi connectivity index (χ0) is 9.80. The molecule has 0 aliphatic carbocycles. The fourth-order valence-electron chi connectivity index (χ4n) is 2.07. The number of aromatic nitrogens is 2. The molecular formula is C10H18N4. The fourth-order valence-corrected chi connectivity index (χ4v) is 2.07. The van der Waals surface area contributed by atoms with Gasteiger partial charge in [0.15, 0.2) is 0 Å². The number of nitrogens with zero attached hydrogens (tertiary/aromatic N) is 2. The highest BCUT2D eigenvalue weighted by atomic mass is 15.3. The van der Waals surface area contributed by atoms with Crippen LogP contribution in [0.25, 0.3) is 0 Å². The summed E-state index contributed by atoms with van der Waals surface area (Å²) in [5.74, 6) is 1.86. The van der Waals surface area contributed by atoms with Crippen molar-refractivity contribution in [2.45, 2.75) is 12.8 Å². The lowest BCUT2D eigenvalue weighted by Crippen LogP contribution is -2.37. The van der Waals surface area contributed by atoms with Crippen LogP contribution in [0.5, 0.6) is 0 Å². The number of hydrogen-bond donors (Lipinski definition) is 2. The van der Waals surface area contributed by atoms with Crippen LogP contribution < -0.4 is 10.2 Å². The van der Waals surface area contributed by atoms with E-state index in [4.69, 9.17) is 0 Å². The summed E-state index contributed by atoms with van der Waals surface area (Å²) in [5.41, 5.74) is 0. The number of rotatable bonds is 3. The molecule has 4 heteroatoms. The van der Waals surface area contributed by atoms with E-state index in [0.29, 0.717) is 0 Å². The second-order valence-corrected chi connectivity index (χ2v) is 3.90. The minimum absolute atomic E-state index is 0.839. The Morgan fingerprint density at radius 3 is 2.93 bits per heavy atom. The molecule has 4 nitrogen and oxygen atoms in total. The SMILES string of the molecule is CNCC1CCN(c2ncc[nH]2)CC1. The van der Waals surface area contributed by atoms with Gasteiger partial charge in [-0.3, -0.25) is 0 Å². The van der Waals surface area contributed by atoms with Crippen LogP contribution in [-0.2, 0) is 0 Å². The molecule has 2 heterocycles. The predicted molar refractivity (Wildman–Crippen MR) is 57.5 cm³/mol. The zero-order valence-electron chi connectivity index (χ0n) is 8.66. The third-order valence-corrected chi connectivity index (χ3v) is 2.89. The summed E-state index contributed by atoms with van der Waals surface area (Å²) in [4.78, 5) is 9.74. The topological polar surface area (TPSA) is 44.0 Å². The van der Waals surface area contributed by atoms with Gasteiger partial charge in [0.05, 0.1) is 0 Å². The van der Waals surface area contributed by atoms with Crippen LogP contribution in [0.2, 0.25) is 0 Å². The van der Waals surface area contributed by atoms with E-state index in [0.717, 1.165) is 31.5 Å². The molecule has 0 saturated carbocycles. The molecule has 2 N–H and O–H groups in total. The zero-order valence-corrected chi connectivity index (χ0v) is 8.66. The summed E-state index contributed by atoms with van der Waals surface area (Å²) >= 11 is 0. The Kier molecular flexibility index (Phi) is 3.03. The molecule has 1 fully saturated rings. The van der Waals surface area contributed by atoms with Crippen molar-refractivity contribution in [1.29, 1.82) is 0 Å². The standard InChI is InChI=1S/C10H18N4/c1-11-8-9-2-6-14(7-3-9)10-12-4-5-13-10/h4-5,9,11H,2-3,6-8H2,1H3,(H,12,13). The second-order valence-electron chi connectivity index (χ2n) is 3.90. The number of piperidine rings is 1. The molecule has 0 radical (unpaired) electrons. The smallest absolute Gasteiger partial charge is 0.202 e. The molecule has 1 aromatic heterocycles. The average Bonchev–Trinajstić information content (AvgIpc) is 2.72. The van der Waals surface area contributed by atoms with E-state index >= 15 is 0 Å². The first kappa shape index (κ1) is 9.52. The molecule has 14 heavy (non-hydrogen) atoms. The predicted octanol–water partition coefficient (Wildman–Crippen LogP) is 0.845. The first-order chi connectivity index (χ1) is 6.90. The van der Waals surface area contributed by atoms with Crippen LogP contribution >= 0.6 is 0 Å². The molecule has 0 amide bonds. The molecule has 78 valence electrons. The molecule has 1 aliphatic rings. The van der Waals surface area contributed by atoms with Crippen molar-refractivity contribution in [3.63, 3.8) is 0 Å². The molecule has 1 aromatic rings. The van der Waals surface area contributed by atoms with Crippen LogP contribution in [0.4, 0.5) is 5.95 Å². The largest absolute Gasteiger partial charge is 0.342 e. The maximum atomic E-state index is 4.27. The molecule has 0 atom stereocenters. The van der Waals surface area contributed by atoms with Gasteiger partial charge in [0.2, 0.25) is 5.95 Å². The Hall–Kier alpha value is -1.03. The number of hydrogen-bond acceptors (Lipinski definition) is 3. The van der Waals surface area contributed by atoms with Crippen LogP contribution in [0.1, 0.15) is 12.8 Å². The van der Waals surface area contributed by atoms with Crippen LogP contribution in [0.3, 0.4) is 0 Å². The molecular weight excluding hydrogens is 176 g/mol. The van der Waals surface area contributed by atoms with Crippen molar-refractivity contribution in [2.75, 3.05) is 31.6 Å². The number of imidazole rings is 1. The van der Waals surface area contributed by atoms with E-state index in [1.165, 1.54) is 12.8 Å². The average molecular weight is 194 g/mol. The molecule has 0 spiro atoms. The lowest BCUT2D eigenvalue weighted by Gasteiger charge is -2.31. The summed E-state index contributed by atoms with van der Waals surface area (Å²) < 4.78 is 0. The van der Waals surface area contributed by atoms with Crippen LogP contribution in [-0.4, -0.2) is 36.6 Å². The van der Waals surface area contributed by atoms with Crippen molar-refractivity contribution in [3.05, 3.63) is 12.4 Å². The van der Waals surface area contributed by atoms with E-state index in [1.807, 2.05) is 19.4 Å². The Labute approximate surface area is 84.7 Å². The third kappa shape index (κ3) is 2.07.